The van der Waals surface area contributed by atoms with Gasteiger partial charge >= 0.3 is 0 Å². The van der Waals surface area contributed by atoms with Gasteiger partial charge in [0, 0.05) is 28.1 Å². The van der Waals surface area contributed by atoms with E-state index >= 15 is 0 Å². The normalized spacial score (nSPS) is 22.0. The Morgan fingerprint density at radius 2 is 2.15 bits per heavy atom. The molecule has 0 spiro atoms. The fourth-order valence-electron chi connectivity index (χ4n) is 3.45. The number of benzene rings is 1. The van der Waals surface area contributed by atoms with Crippen molar-refractivity contribution in [2.45, 2.75) is 26.7 Å². The highest BCUT2D eigenvalue weighted by Gasteiger charge is 2.31. The lowest BCUT2D eigenvalue weighted by molar-refractivity contribution is -0.903. The molecule has 20 heavy (non-hydrogen) atoms. The highest BCUT2D eigenvalue weighted by molar-refractivity contribution is 6.08. The summed E-state index contributed by atoms with van der Waals surface area (Å²) in [7, 11) is 0. The van der Waals surface area contributed by atoms with Crippen LogP contribution in [0.3, 0.4) is 0 Å². The van der Waals surface area contributed by atoms with E-state index in [1.165, 1.54) is 17.7 Å². The van der Waals surface area contributed by atoms with Gasteiger partial charge in [-0.3, -0.25) is 4.79 Å². The van der Waals surface area contributed by atoms with E-state index in [4.69, 9.17) is 0 Å². The number of piperidine rings is 1. The molecule has 1 aromatic carbocycles. The Bertz CT molecular complexity index is 627. The summed E-state index contributed by atoms with van der Waals surface area (Å²) in [6.07, 6.45) is 4.36. The third-order valence-electron chi connectivity index (χ3n) is 4.41. The van der Waals surface area contributed by atoms with Gasteiger partial charge in [-0.2, -0.15) is 0 Å². The number of hydrogen-bond acceptors (Lipinski definition) is 1. The first kappa shape index (κ1) is 13.4. The van der Waals surface area contributed by atoms with Gasteiger partial charge in [-0.05, 0) is 18.9 Å². The zero-order valence-corrected chi connectivity index (χ0v) is 12.3. The van der Waals surface area contributed by atoms with Crippen molar-refractivity contribution < 1.29 is 9.69 Å². The molecule has 2 heterocycles. The number of carbonyl (C=O) groups excluding carboxylic acids is 1. The first-order chi connectivity index (χ1) is 9.55. The standard InChI is InChI=1S/C17H22N2O/c1-17(2)8-5-9-19(12-17)11-16(20)14-10-18-15-7-4-3-6-13(14)15/h3-4,6-7,10,18H,5,8-9,11-12H2,1-2H3/p+1. The van der Waals surface area contributed by atoms with E-state index in [0.29, 0.717) is 12.0 Å². The summed E-state index contributed by atoms with van der Waals surface area (Å²) in [6.45, 7) is 7.45. The van der Waals surface area contributed by atoms with E-state index in [0.717, 1.165) is 29.6 Å². The molecule has 1 aliphatic rings. The second-order valence-corrected chi connectivity index (χ2v) is 6.79. The van der Waals surface area contributed by atoms with Gasteiger partial charge in [0.2, 0.25) is 5.78 Å². The third kappa shape index (κ3) is 2.63. The summed E-state index contributed by atoms with van der Waals surface area (Å²) < 4.78 is 0. The summed E-state index contributed by atoms with van der Waals surface area (Å²) in [5, 5.41) is 1.05. The van der Waals surface area contributed by atoms with Crippen LogP contribution in [0.15, 0.2) is 30.5 Å². The Morgan fingerprint density at radius 1 is 1.35 bits per heavy atom. The van der Waals surface area contributed by atoms with Crippen molar-refractivity contribution >= 4 is 16.7 Å². The minimum atomic E-state index is 0.259. The van der Waals surface area contributed by atoms with Crippen molar-refractivity contribution in [2.75, 3.05) is 19.6 Å². The molecular weight excluding hydrogens is 248 g/mol. The lowest BCUT2D eigenvalue weighted by Crippen LogP contribution is -3.15. The van der Waals surface area contributed by atoms with Crippen LogP contribution >= 0.6 is 0 Å². The molecular formula is C17H23N2O+. The van der Waals surface area contributed by atoms with Gasteiger partial charge in [0.05, 0.1) is 13.1 Å². The van der Waals surface area contributed by atoms with Crippen molar-refractivity contribution in [3.05, 3.63) is 36.0 Å². The number of rotatable bonds is 3. The van der Waals surface area contributed by atoms with Crippen LogP contribution in [0.4, 0.5) is 0 Å². The van der Waals surface area contributed by atoms with E-state index in [9.17, 15) is 4.79 Å². The number of hydrogen-bond donors (Lipinski definition) is 2. The van der Waals surface area contributed by atoms with Crippen molar-refractivity contribution in [3.63, 3.8) is 0 Å². The van der Waals surface area contributed by atoms with Crippen LogP contribution in [0.1, 0.15) is 37.0 Å². The number of fused-ring (bicyclic) bond motifs is 1. The van der Waals surface area contributed by atoms with Crippen LogP contribution in [0.2, 0.25) is 0 Å². The van der Waals surface area contributed by atoms with Crippen molar-refractivity contribution in [1.29, 1.82) is 0 Å². The van der Waals surface area contributed by atoms with E-state index in [1.54, 1.807) is 0 Å². The van der Waals surface area contributed by atoms with E-state index in [1.807, 2.05) is 30.5 Å². The maximum absolute atomic E-state index is 12.6. The number of Topliss-reactive ketones (excluding diaryl/α,β-unsaturated/α-hetero) is 1. The molecule has 0 aliphatic carbocycles. The third-order valence-corrected chi connectivity index (χ3v) is 4.41. The Balaban J connectivity index is 1.76. The van der Waals surface area contributed by atoms with Crippen molar-refractivity contribution in [3.8, 4) is 0 Å². The van der Waals surface area contributed by atoms with Gasteiger partial charge in [-0.1, -0.05) is 32.0 Å². The molecule has 1 atom stereocenters. The van der Waals surface area contributed by atoms with Gasteiger partial charge in [0.15, 0.2) is 0 Å². The minimum absolute atomic E-state index is 0.259. The second-order valence-electron chi connectivity index (χ2n) is 6.79. The SMILES string of the molecule is CC1(C)CCC[NH+](CC(=O)c2c[nH]c3ccccc23)C1. The Labute approximate surface area is 120 Å². The molecule has 0 bridgehead atoms. The van der Waals surface area contributed by atoms with Gasteiger partial charge in [-0.15, -0.1) is 0 Å². The number of H-pyrrole nitrogens is 1. The van der Waals surface area contributed by atoms with Crippen LogP contribution in [0, 0.1) is 5.41 Å². The molecule has 1 aromatic heterocycles. The summed E-state index contributed by atoms with van der Waals surface area (Å²) in [5.74, 6) is 0.259. The molecule has 0 saturated carbocycles. The Morgan fingerprint density at radius 3 is 2.95 bits per heavy atom. The largest absolute Gasteiger partial charge is 0.360 e. The highest BCUT2D eigenvalue weighted by atomic mass is 16.1. The van der Waals surface area contributed by atoms with Gasteiger partial charge in [0.1, 0.15) is 6.54 Å². The zero-order chi connectivity index (χ0) is 14.2. The smallest absolute Gasteiger partial charge is 0.219 e. The highest BCUT2D eigenvalue weighted by Crippen LogP contribution is 2.22. The number of likely N-dealkylation sites (tertiary alicyclic amines) is 1. The summed E-state index contributed by atoms with van der Waals surface area (Å²) >= 11 is 0. The number of ketones is 1. The summed E-state index contributed by atoms with van der Waals surface area (Å²) in [5.41, 5.74) is 2.26. The lowest BCUT2D eigenvalue weighted by atomic mass is 9.84. The molecule has 0 amide bonds. The quantitative estimate of drug-likeness (QED) is 0.824. The Kier molecular flexibility index (Phi) is 3.38. The average molecular weight is 271 g/mol. The van der Waals surface area contributed by atoms with Crippen LogP contribution in [-0.2, 0) is 0 Å². The second kappa shape index (κ2) is 5.06. The van der Waals surface area contributed by atoms with Crippen LogP contribution in [0.25, 0.3) is 10.9 Å². The maximum atomic E-state index is 12.6. The zero-order valence-electron chi connectivity index (χ0n) is 12.3. The Hall–Kier alpha value is -1.61. The minimum Gasteiger partial charge on any atom is -0.360 e. The average Bonchev–Trinajstić information content (AvgIpc) is 2.81. The molecule has 3 heteroatoms. The maximum Gasteiger partial charge on any atom is 0.219 e. The number of aromatic nitrogens is 1. The van der Waals surface area contributed by atoms with Gasteiger partial charge in [0.25, 0.3) is 0 Å². The number of nitrogens with one attached hydrogen (secondary N) is 2. The fourth-order valence-corrected chi connectivity index (χ4v) is 3.45. The molecule has 2 N–H and O–H groups in total. The molecule has 1 saturated heterocycles. The lowest BCUT2D eigenvalue weighted by Gasteiger charge is -2.34. The first-order valence-electron chi connectivity index (χ1n) is 7.48. The molecule has 106 valence electrons. The number of para-hydroxylation sites is 1. The van der Waals surface area contributed by atoms with E-state index in [-0.39, 0.29) is 5.78 Å². The van der Waals surface area contributed by atoms with Crippen LogP contribution in [0.5, 0.6) is 0 Å². The summed E-state index contributed by atoms with van der Waals surface area (Å²) in [4.78, 5) is 17.2. The number of quaternary nitrogens is 1. The fraction of sp³-hybridized carbons (Fsp3) is 0.471. The predicted octanol–water partition coefficient (Wildman–Crippen LogP) is 2.06. The molecule has 1 unspecified atom stereocenters. The molecule has 3 nitrogen and oxygen atoms in total. The predicted molar refractivity (Wildman–Crippen MR) is 81.2 cm³/mol. The monoisotopic (exact) mass is 271 g/mol. The van der Waals surface area contributed by atoms with E-state index < -0.39 is 0 Å². The number of carbonyl (C=O) groups is 1. The van der Waals surface area contributed by atoms with Crippen LogP contribution in [-0.4, -0.2) is 30.4 Å². The van der Waals surface area contributed by atoms with Crippen molar-refractivity contribution in [1.82, 2.24) is 4.98 Å². The summed E-state index contributed by atoms with van der Waals surface area (Å²) in [6, 6.07) is 8.02. The van der Waals surface area contributed by atoms with Gasteiger partial charge in [-0.25, -0.2) is 0 Å². The molecule has 2 aromatic rings. The topological polar surface area (TPSA) is 37.3 Å². The van der Waals surface area contributed by atoms with Crippen molar-refractivity contribution in [2.24, 2.45) is 5.41 Å². The molecule has 0 radical (unpaired) electrons. The van der Waals surface area contributed by atoms with Gasteiger partial charge < -0.3 is 9.88 Å². The number of aromatic amines is 1. The van der Waals surface area contributed by atoms with E-state index in [2.05, 4.69) is 18.8 Å². The molecule has 3 rings (SSSR count). The van der Waals surface area contributed by atoms with Crippen LogP contribution < -0.4 is 4.90 Å². The molecule has 1 fully saturated rings. The molecule has 1 aliphatic heterocycles. The first-order valence-corrected chi connectivity index (χ1v) is 7.48.